The molecule has 302 valence electrons. The third-order valence-corrected chi connectivity index (χ3v) is 13.5. The number of nitrogens with zero attached hydrogens (tertiary/aromatic N) is 2. The summed E-state index contributed by atoms with van der Waals surface area (Å²) in [6.07, 6.45) is 0. The Morgan fingerprint density at radius 2 is 0.719 bits per heavy atom. The van der Waals surface area contributed by atoms with Gasteiger partial charge < -0.3 is 9.80 Å². The van der Waals surface area contributed by atoms with Gasteiger partial charge in [0.1, 0.15) is 0 Å². The number of anilines is 6. The van der Waals surface area contributed by atoms with Gasteiger partial charge in [0.15, 0.2) is 0 Å². The summed E-state index contributed by atoms with van der Waals surface area (Å²) in [7, 11) is 0. The fourth-order valence-electron chi connectivity index (χ4n) is 10.3. The number of hydrogen-bond acceptors (Lipinski definition) is 2. The summed E-state index contributed by atoms with van der Waals surface area (Å²) in [5.41, 5.74) is 23.0. The van der Waals surface area contributed by atoms with Crippen molar-refractivity contribution in [1.82, 2.24) is 0 Å². The number of benzene rings is 10. The summed E-state index contributed by atoms with van der Waals surface area (Å²) in [4.78, 5) is 4.82. The van der Waals surface area contributed by atoms with Gasteiger partial charge in [-0.15, -0.1) is 0 Å². The van der Waals surface area contributed by atoms with Crippen LogP contribution in [0, 0.1) is 0 Å². The maximum Gasteiger partial charge on any atom is 0.0512 e. The third-order valence-electron chi connectivity index (χ3n) is 13.5. The van der Waals surface area contributed by atoms with Gasteiger partial charge in [0.05, 0.1) is 11.4 Å². The molecule has 1 heterocycles. The standard InChI is InChI=1S/C62H44N2/c1-62-57-22-12-11-20-55(57)56-21-13-23-60(61(56)62)64(59-41-32-50(42-58(59)62)45-18-9-4-10-19-45)54-39-30-49(31-40-54)48-28-37-53(38-29-48)63(51-33-24-46(25-34-51)43-14-5-2-6-15-43)52-35-26-47(27-36-52)44-16-7-3-8-17-44/h2-42H,1H3. The Labute approximate surface area is 375 Å². The topological polar surface area (TPSA) is 6.48 Å². The highest BCUT2D eigenvalue weighted by atomic mass is 15.2. The molecule has 0 bridgehead atoms. The molecule has 1 aliphatic heterocycles. The molecule has 0 saturated carbocycles. The van der Waals surface area contributed by atoms with Gasteiger partial charge in [0.2, 0.25) is 0 Å². The highest BCUT2D eigenvalue weighted by Crippen LogP contribution is 2.62. The van der Waals surface area contributed by atoms with E-state index in [0.717, 1.165) is 22.7 Å². The quantitative estimate of drug-likeness (QED) is 0.151. The molecule has 1 atom stereocenters. The Morgan fingerprint density at radius 1 is 0.312 bits per heavy atom. The minimum Gasteiger partial charge on any atom is -0.311 e. The molecule has 10 aromatic rings. The van der Waals surface area contributed by atoms with Crippen molar-refractivity contribution in [3.63, 3.8) is 0 Å². The normalized spacial score (nSPS) is 14.4. The van der Waals surface area contributed by atoms with Gasteiger partial charge in [0.25, 0.3) is 0 Å². The molecule has 10 aromatic carbocycles. The van der Waals surface area contributed by atoms with Crippen molar-refractivity contribution in [2.24, 2.45) is 0 Å². The zero-order chi connectivity index (χ0) is 42.6. The fourth-order valence-corrected chi connectivity index (χ4v) is 10.3. The van der Waals surface area contributed by atoms with Crippen molar-refractivity contribution in [1.29, 1.82) is 0 Å². The van der Waals surface area contributed by atoms with Crippen LogP contribution in [0.5, 0.6) is 0 Å². The second kappa shape index (κ2) is 15.3. The first-order valence-corrected chi connectivity index (χ1v) is 22.2. The summed E-state index contributed by atoms with van der Waals surface area (Å²) < 4.78 is 0. The molecule has 0 radical (unpaired) electrons. The van der Waals surface area contributed by atoms with Crippen molar-refractivity contribution >= 4 is 34.1 Å². The molecule has 12 rings (SSSR count). The zero-order valence-electron chi connectivity index (χ0n) is 35.6. The van der Waals surface area contributed by atoms with Crippen LogP contribution in [0.3, 0.4) is 0 Å². The van der Waals surface area contributed by atoms with Crippen LogP contribution in [0.25, 0.3) is 55.6 Å². The van der Waals surface area contributed by atoms with E-state index < -0.39 is 0 Å². The maximum absolute atomic E-state index is 2.48. The summed E-state index contributed by atoms with van der Waals surface area (Å²) in [6, 6.07) is 90.7. The van der Waals surface area contributed by atoms with Gasteiger partial charge in [-0.1, -0.05) is 182 Å². The van der Waals surface area contributed by atoms with Crippen LogP contribution in [0.2, 0.25) is 0 Å². The Kier molecular flexibility index (Phi) is 8.98. The minimum atomic E-state index is -0.289. The molecule has 0 amide bonds. The molecule has 2 heteroatoms. The third kappa shape index (κ3) is 6.18. The lowest BCUT2D eigenvalue weighted by molar-refractivity contribution is 0.702. The smallest absolute Gasteiger partial charge is 0.0512 e. The molecular weight excluding hydrogens is 773 g/mol. The molecule has 0 aromatic heterocycles. The van der Waals surface area contributed by atoms with Crippen molar-refractivity contribution in [2.75, 3.05) is 9.80 Å². The number of hydrogen-bond donors (Lipinski definition) is 0. The van der Waals surface area contributed by atoms with E-state index >= 15 is 0 Å². The summed E-state index contributed by atoms with van der Waals surface area (Å²) in [6.45, 7) is 2.43. The van der Waals surface area contributed by atoms with Crippen LogP contribution in [-0.4, -0.2) is 0 Å². The molecule has 0 saturated heterocycles. The van der Waals surface area contributed by atoms with E-state index in [-0.39, 0.29) is 5.41 Å². The van der Waals surface area contributed by atoms with E-state index in [1.54, 1.807) is 0 Å². The fraction of sp³-hybridized carbons (Fsp3) is 0.0323. The zero-order valence-corrected chi connectivity index (χ0v) is 35.6. The molecule has 0 spiro atoms. The van der Waals surface area contributed by atoms with Crippen molar-refractivity contribution in [2.45, 2.75) is 12.3 Å². The Bertz CT molecular complexity index is 3200. The molecule has 0 N–H and O–H groups in total. The number of fused-ring (bicyclic) bond motifs is 5. The summed E-state index contributed by atoms with van der Waals surface area (Å²) in [5, 5.41) is 0. The van der Waals surface area contributed by atoms with Crippen LogP contribution in [-0.2, 0) is 5.41 Å². The first kappa shape index (κ1) is 37.6. The highest BCUT2D eigenvalue weighted by Gasteiger charge is 2.48. The molecule has 2 nitrogen and oxygen atoms in total. The molecule has 1 aliphatic carbocycles. The summed E-state index contributed by atoms with van der Waals surface area (Å²) in [5.74, 6) is 0. The first-order chi connectivity index (χ1) is 31.6. The molecular formula is C62H44N2. The second-order valence-corrected chi connectivity index (χ2v) is 17.1. The van der Waals surface area contributed by atoms with Gasteiger partial charge in [0, 0.05) is 28.2 Å². The Hall–Kier alpha value is -8.20. The van der Waals surface area contributed by atoms with Crippen LogP contribution in [0.15, 0.2) is 249 Å². The predicted octanol–water partition coefficient (Wildman–Crippen LogP) is 16.9. The molecule has 1 unspecified atom stereocenters. The largest absolute Gasteiger partial charge is 0.311 e. The van der Waals surface area contributed by atoms with Crippen LogP contribution in [0.4, 0.5) is 34.1 Å². The van der Waals surface area contributed by atoms with E-state index in [1.165, 1.54) is 83.7 Å². The van der Waals surface area contributed by atoms with Crippen molar-refractivity contribution in [3.05, 3.63) is 265 Å². The van der Waals surface area contributed by atoms with E-state index in [4.69, 9.17) is 0 Å². The minimum absolute atomic E-state index is 0.289. The summed E-state index contributed by atoms with van der Waals surface area (Å²) >= 11 is 0. The number of rotatable bonds is 8. The molecule has 2 aliphatic rings. The Morgan fingerprint density at radius 3 is 1.23 bits per heavy atom. The van der Waals surface area contributed by atoms with E-state index in [9.17, 15) is 0 Å². The van der Waals surface area contributed by atoms with E-state index in [2.05, 4.69) is 265 Å². The lowest BCUT2D eigenvalue weighted by Gasteiger charge is -2.42. The lowest BCUT2D eigenvalue weighted by Crippen LogP contribution is -2.32. The van der Waals surface area contributed by atoms with Crippen molar-refractivity contribution in [3.8, 4) is 55.6 Å². The van der Waals surface area contributed by atoms with Crippen LogP contribution < -0.4 is 9.80 Å². The van der Waals surface area contributed by atoms with Crippen molar-refractivity contribution < 1.29 is 0 Å². The van der Waals surface area contributed by atoms with Gasteiger partial charge in [-0.2, -0.15) is 0 Å². The Balaban J connectivity index is 0.902. The van der Waals surface area contributed by atoms with Gasteiger partial charge in [-0.3, -0.25) is 0 Å². The predicted molar refractivity (Wildman–Crippen MR) is 269 cm³/mol. The molecule has 0 fully saturated rings. The van der Waals surface area contributed by atoms with Gasteiger partial charge >= 0.3 is 0 Å². The lowest BCUT2D eigenvalue weighted by atomic mass is 9.70. The maximum atomic E-state index is 2.48. The van der Waals surface area contributed by atoms with Gasteiger partial charge in [-0.25, -0.2) is 0 Å². The van der Waals surface area contributed by atoms with E-state index in [1.807, 2.05) is 0 Å². The SMILES string of the molecule is CC12c3ccccc3-c3cccc(c31)N(c1ccc(-c3ccc(N(c4ccc(-c5ccccc5)cc4)c4ccc(-c5ccccc5)cc4)cc3)cc1)c1ccc(-c3ccccc3)cc12. The van der Waals surface area contributed by atoms with Crippen LogP contribution in [0.1, 0.15) is 23.6 Å². The monoisotopic (exact) mass is 816 g/mol. The average molecular weight is 817 g/mol. The first-order valence-electron chi connectivity index (χ1n) is 22.2. The highest BCUT2D eigenvalue weighted by molar-refractivity contribution is 5.98. The second-order valence-electron chi connectivity index (χ2n) is 17.1. The van der Waals surface area contributed by atoms with Crippen LogP contribution >= 0.6 is 0 Å². The van der Waals surface area contributed by atoms with Gasteiger partial charge in [-0.05, 0) is 146 Å². The van der Waals surface area contributed by atoms with E-state index in [0.29, 0.717) is 0 Å². The molecule has 64 heavy (non-hydrogen) atoms. The average Bonchev–Trinajstić information content (AvgIpc) is 3.65.